The van der Waals surface area contributed by atoms with Crippen molar-refractivity contribution in [1.29, 1.82) is 0 Å². The largest absolute Gasteiger partial charge is 0.320 e. The van der Waals surface area contributed by atoms with Gasteiger partial charge in [0.25, 0.3) is 5.91 Å². The highest BCUT2D eigenvalue weighted by Crippen LogP contribution is 2.25. The molecule has 134 valence electrons. The summed E-state index contributed by atoms with van der Waals surface area (Å²) in [5.74, 6) is -1.04. The van der Waals surface area contributed by atoms with Crippen molar-refractivity contribution < 1.29 is 17.6 Å². The first-order valence-electron chi connectivity index (χ1n) is 7.65. The quantitative estimate of drug-likeness (QED) is 0.868. The van der Waals surface area contributed by atoms with E-state index in [1.54, 1.807) is 12.1 Å². The SMILES string of the molecule is CC(C)(C)c1ccc(C(=O)Nc2cc(F)ccc2NS(C)(=O)=O)cc1. The molecule has 7 heteroatoms. The van der Waals surface area contributed by atoms with E-state index in [2.05, 4.69) is 30.8 Å². The number of sulfonamides is 1. The van der Waals surface area contributed by atoms with Crippen LogP contribution in [0.2, 0.25) is 0 Å². The van der Waals surface area contributed by atoms with Gasteiger partial charge in [0, 0.05) is 5.56 Å². The third-order valence-electron chi connectivity index (χ3n) is 3.54. The lowest BCUT2D eigenvalue weighted by Gasteiger charge is -2.19. The molecule has 0 atom stereocenters. The topological polar surface area (TPSA) is 75.3 Å². The standard InChI is InChI=1S/C18H21FN2O3S/c1-18(2,3)13-7-5-12(6-8-13)17(22)20-16-11-14(19)9-10-15(16)21-25(4,23)24/h5-11,21H,1-4H3,(H,20,22). The fraction of sp³-hybridized carbons (Fsp3) is 0.278. The minimum Gasteiger partial charge on any atom is -0.320 e. The highest BCUT2D eigenvalue weighted by atomic mass is 32.2. The maximum Gasteiger partial charge on any atom is 0.255 e. The lowest BCUT2D eigenvalue weighted by Crippen LogP contribution is -2.17. The number of halogens is 1. The molecule has 0 spiro atoms. The molecule has 0 aliphatic carbocycles. The number of hydrogen-bond acceptors (Lipinski definition) is 3. The number of carbonyl (C=O) groups excluding carboxylic acids is 1. The summed E-state index contributed by atoms with van der Waals surface area (Å²) in [4.78, 5) is 12.4. The molecule has 1 amide bonds. The van der Waals surface area contributed by atoms with Gasteiger partial charge in [0.1, 0.15) is 5.82 Å². The minimum atomic E-state index is -3.56. The second-order valence-corrected chi connectivity index (χ2v) is 8.59. The Hall–Kier alpha value is -2.41. The summed E-state index contributed by atoms with van der Waals surface area (Å²) >= 11 is 0. The molecular formula is C18H21FN2O3S. The molecule has 0 unspecified atom stereocenters. The van der Waals surface area contributed by atoms with Crippen LogP contribution in [0.25, 0.3) is 0 Å². The average molecular weight is 364 g/mol. The minimum absolute atomic E-state index is 0.0376. The van der Waals surface area contributed by atoms with E-state index in [9.17, 15) is 17.6 Å². The lowest BCUT2D eigenvalue weighted by atomic mass is 9.87. The summed E-state index contributed by atoms with van der Waals surface area (Å²) < 4.78 is 38.6. The van der Waals surface area contributed by atoms with Crippen LogP contribution in [0, 0.1) is 5.82 Å². The van der Waals surface area contributed by atoms with Crippen LogP contribution in [0.5, 0.6) is 0 Å². The van der Waals surface area contributed by atoms with Gasteiger partial charge >= 0.3 is 0 Å². The molecule has 0 bridgehead atoms. The molecule has 0 heterocycles. The van der Waals surface area contributed by atoms with E-state index in [1.165, 1.54) is 6.07 Å². The van der Waals surface area contributed by atoms with Crippen molar-refractivity contribution in [3.8, 4) is 0 Å². The molecule has 0 saturated carbocycles. The van der Waals surface area contributed by atoms with Gasteiger partial charge in [0.05, 0.1) is 17.6 Å². The van der Waals surface area contributed by atoms with Crippen LogP contribution in [0.15, 0.2) is 42.5 Å². The van der Waals surface area contributed by atoms with Gasteiger partial charge in [-0.1, -0.05) is 32.9 Å². The van der Waals surface area contributed by atoms with Crippen LogP contribution < -0.4 is 10.0 Å². The van der Waals surface area contributed by atoms with Gasteiger partial charge in [-0.25, -0.2) is 12.8 Å². The van der Waals surface area contributed by atoms with Gasteiger partial charge in [0.15, 0.2) is 0 Å². The van der Waals surface area contributed by atoms with Crippen LogP contribution >= 0.6 is 0 Å². The summed E-state index contributed by atoms with van der Waals surface area (Å²) in [7, 11) is -3.56. The monoisotopic (exact) mass is 364 g/mol. The van der Waals surface area contributed by atoms with Crippen LogP contribution in [0.1, 0.15) is 36.7 Å². The molecule has 0 radical (unpaired) electrons. The molecule has 2 aromatic carbocycles. The number of amides is 1. The molecule has 0 fully saturated rings. The van der Waals surface area contributed by atoms with Crippen LogP contribution in [0.3, 0.4) is 0 Å². The molecular weight excluding hydrogens is 343 g/mol. The summed E-state index contributed by atoms with van der Waals surface area (Å²) in [6, 6.07) is 10.5. The summed E-state index contributed by atoms with van der Waals surface area (Å²) in [5, 5.41) is 2.54. The van der Waals surface area contributed by atoms with E-state index in [0.717, 1.165) is 24.0 Å². The fourth-order valence-corrected chi connectivity index (χ4v) is 2.80. The van der Waals surface area contributed by atoms with Crippen LogP contribution in [-0.4, -0.2) is 20.6 Å². The zero-order valence-corrected chi connectivity index (χ0v) is 15.4. The van der Waals surface area contributed by atoms with Crippen molar-refractivity contribution in [2.24, 2.45) is 0 Å². The Labute approximate surface area is 147 Å². The first-order valence-corrected chi connectivity index (χ1v) is 9.54. The lowest BCUT2D eigenvalue weighted by molar-refractivity contribution is 0.102. The van der Waals surface area contributed by atoms with E-state index in [1.807, 2.05) is 12.1 Å². The number of rotatable bonds is 4. The van der Waals surface area contributed by atoms with Crippen molar-refractivity contribution in [1.82, 2.24) is 0 Å². The van der Waals surface area contributed by atoms with Crippen molar-refractivity contribution in [3.63, 3.8) is 0 Å². The van der Waals surface area contributed by atoms with Crippen LogP contribution in [0.4, 0.5) is 15.8 Å². The molecule has 25 heavy (non-hydrogen) atoms. The number of hydrogen-bond donors (Lipinski definition) is 2. The first kappa shape index (κ1) is 18.9. The predicted octanol–water partition coefficient (Wildman–Crippen LogP) is 3.75. The van der Waals surface area contributed by atoms with Crippen LogP contribution in [-0.2, 0) is 15.4 Å². The van der Waals surface area contributed by atoms with E-state index in [4.69, 9.17) is 0 Å². The Balaban J connectivity index is 2.27. The maximum absolute atomic E-state index is 13.5. The Morgan fingerprint density at radius 1 is 1.00 bits per heavy atom. The fourth-order valence-electron chi connectivity index (χ4n) is 2.22. The van der Waals surface area contributed by atoms with E-state index in [-0.39, 0.29) is 16.8 Å². The molecule has 0 aliphatic rings. The van der Waals surface area contributed by atoms with Crippen molar-refractivity contribution >= 4 is 27.3 Å². The van der Waals surface area contributed by atoms with E-state index in [0.29, 0.717) is 5.56 Å². The second kappa shape index (κ2) is 6.84. The Bertz CT molecular complexity index is 886. The molecule has 0 aliphatic heterocycles. The first-order chi connectivity index (χ1) is 11.5. The zero-order chi connectivity index (χ0) is 18.8. The van der Waals surface area contributed by atoms with Gasteiger partial charge in [-0.05, 0) is 41.3 Å². The highest BCUT2D eigenvalue weighted by Gasteiger charge is 2.16. The van der Waals surface area contributed by atoms with Crippen molar-refractivity contribution in [2.75, 3.05) is 16.3 Å². The molecule has 2 rings (SSSR count). The van der Waals surface area contributed by atoms with E-state index >= 15 is 0 Å². The molecule has 0 saturated heterocycles. The number of benzene rings is 2. The average Bonchev–Trinajstić information content (AvgIpc) is 2.48. The van der Waals surface area contributed by atoms with Gasteiger partial charge in [-0.2, -0.15) is 0 Å². The summed E-state index contributed by atoms with van der Waals surface area (Å²) in [6.07, 6.45) is 0.979. The number of anilines is 2. The van der Waals surface area contributed by atoms with Gasteiger partial charge in [-0.3, -0.25) is 9.52 Å². The second-order valence-electron chi connectivity index (χ2n) is 6.85. The molecule has 5 nitrogen and oxygen atoms in total. The Kier molecular flexibility index (Phi) is 5.17. The number of nitrogens with one attached hydrogen (secondary N) is 2. The maximum atomic E-state index is 13.5. The molecule has 2 N–H and O–H groups in total. The van der Waals surface area contributed by atoms with Crippen molar-refractivity contribution in [2.45, 2.75) is 26.2 Å². The van der Waals surface area contributed by atoms with Gasteiger partial charge < -0.3 is 5.32 Å². The smallest absolute Gasteiger partial charge is 0.255 e. The molecule has 2 aromatic rings. The molecule has 0 aromatic heterocycles. The van der Waals surface area contributed by atoms with Gasteiger partial charge in [0.2, 0.25) is 10.0 Å². The third kappa shape index (κ3) is 5.29. The highest BCUT2D eigenvalue weighted by molar-refractivity contribution is 7.92. The normalized spacial score (nSPS) is 11.9. The predicted molar refractivity (Wildman–Crippen MR) is 98.0 cm³/mol. The zero-order valence-electron chi connectivity index (χ0n) is 14.6. The third-order valence-corrected chi connectivity index (χ3v) is 4.13. The Morgan fingerprint density at radius 3 is 2.12 bits per heavy atom. The summed E-state index contributed by atoms with van der Waals surface area (Å²) in [5.41, 5.74) is 1.58. The number of carbonyl (C=O) groups is 1. The van der Waals surface area contributed by atoms with E-state index < -0.39 is 21.7 Å². The summed E-state index contributed by atoms with van der Waals surface area (Å²) in [6.45, 7) is 6.20. The Morgan fingerprint density at radius 2 is 1.60 bits per heavy atom. The van der Waals surface area contributed by atoms with Crippen molar-refractivity contribution in [3.05, 3.63) is 59.4 Å². The van der Waals surface area contributed by atoms with Gasteiger partial charge in [-0.15, -0.1) is 0 Å².